The standard InChI is InChI=1S/C9H17F3/c1-5-7(9(10,11)12)6-8(2,3)4/h7H,5-6H2,1-4H3. The molecule has 1 atom stereocenters. The minimum Gasteiger partial charge on any atom is -0.171 e. The highest BCUT2D eigenvalue weighted by molar-refractivity contribution is 4.73. The molecule has 0 bridgehead atoms. The molecule has 0 aliphatic rings. The molecular weight excluding hydrogens is 165 g/mol. The van der Waals surface area contributed by atoms with Gasteiger partial charge in [0.1, 0.15) is 0 Å². The Kier molecular flexibility index (Phi) is 3.60. The van der Waals surface area contributed by atoms with Crippen LogP contribution in [0.25, 0.3) is 0 Å². The van der Waals surface area contributed by atoms with Crippen LogP contribution in [0.3, 0.4) is 0 Å². The Bertz CT molecular complexity index is 130. The van der Waals surface area contributed by atoms with Gasteiger partial charge in [0.2, 0.25) is 0 Å². The second kappa shape index (κ2) is 3.67. The largest absolute Gasteiger partial charge is 0.391 e. The van der Waals surface area contributed by atoms with Gasteiger partial charge in [0.05, 0.1) is 5.92 Å². The highest BCUT2D eigenvalue weighted by Crippen LogP contribution is 2.37. The lowest BCUT2D eigenvalue weighted by Gasteiger charge is -2.26. The van der Waals surface area contributed by atoms with Crippen LogP contribution in [0.15, 0.2) is 0 Å². The molecule has 0 aromatic carbocycles. The molecule has 3 heteroatoms. The lowest BCUT2D eigenvalue weighted by molar-refractivity contribution is -0.182. The van der Waals surface area contributed by atoms with E-state index in [-0.39, 0.29) is 18.3 Å². The van der Waals surface area contributed by atoms with Crippen molar-refractivity contribution in [2.75, 3.05) is 0 Å². The maximum atomic E-state index is 12.3. The lowest BCUT2D eigenvalue weighted by atomic mass is 9.83. The zero-order chi connectivity index (χ0) is 9.99. The summed E-state index contributed by atoms with van der Waals surface area (Å²) in [7, 11) is 0. The van der Waals surface area contributed by atoms with Gasteiger partial charge in [0, 0.05) is 0 Å². The molecule has 0 amide bonds. The van der Waals surface area contributed by atoms with E-state index in [4.69, 9.17) is 0 Å². The van der Waals surface area contributed by atoms with Crippen molar-refractivity contribution in [3.8, 4) is 0 Å². The summed E-state index contributed by atoms with van der Waals surface area (Å²) in [6.07, 6.45) is -3.63. The normalized spacial score (nSPS) is 16.2. The zero-order valence-electron chi connectivity index (χ0n) is 8.13. The van der Waals surface area contributed by atoms with Gasteiger partial charge in [-0.2, -0.15) is 13.2 Å². The smallest absolute Gasteiger partial charge is 0.171 e. The molecule has 0 saturated heterocycles. The second-order valence-electron chi connectivity index (χ2n) is 4.41. The van der Waals surface area contributed by atoms with E-state index in [1.807, 2.05) is 20.8 Å². The summed E-state index contributed by atoms with van der Waals surface area (Å²) < 4.78 is 36.8. The van der Waals surface area contributed by atoms with Gasteiger partial charge in [-0.1, -0.05) is 27.7 Å². The molecule has 0 saturated carbocycles. The van der Waals surface area contributed by atoms with Crippen LogP contribution >= 0.6 is 0 Å². The van der Waals surface area contributed by atoms with Crippen molar-refractivity contribution >= 4 is 0 Å². The highest BCUT2D eigenvalue weighted by atomic mass is 19.4. The van der Waals surface area contributed by atoms with Crippen LogP contribution in [0.4, 0.5) is 13.2 Å². The number of halogens is 3. The maximum absolute atomic E-state index is 12.3. The maximum Gasteiger partial charge on any atom is 0.391 e. The fourth-order valence-electron chi connectivity index (χ4n) is 1.23. The molecule has 0 heterocycles. The van der Waals surface area contributed by atoms with Gasteiger partial charge in [-0.05, 0) is 18.3 Å². The molecule has 0 N–H and O–H groups in total. The third-order valence-corrected chi connectivity index (χ3v) is 1.81. The highest BCUT2D eigenvalue weighted by Gasteiger charge is 2.39. The van der Waals surface area contributed by atoms with E-state index in [0.29, 0.717) is 0 Å². The van der Waals surface area contributed by atoms with E-state index in [2.05, 4.69) is 0 Å². The van der Waals surface area contributed by atoms with Crippen LogP contribution in [-0.4, -0.2) is 6.18 Å². The van der Waals surface area contributed by atoms with Crippen LogP contribution in [0, 0.1) is 11.3 Å². The zero-order valence-corrected chi connectivity index (χ0v) is 8.13. The first kappa shape index (κ1) is 11.8. The van der Waals surface area contributed by atoms with Crippen LogP contribution in [0.2, 0.25) is 0 Å². The van der Waals surface area contributed by atoms with E-state index in [1.54, 1.807) is 6.92 Å². The summed E-state index contributed by atoms with van der Waals surface area (Å²) in [6.45, 7) is 7.09. The van der Waals surface area contributed by atoms with Gasteiger partial charge in [-0.15, -0.1) is 0 Å². The lowest BCUT2D eigenvalue weighted by Crippen LogP contribution is -2.26. The minimum atomic E-state index is -4.03. The molecule has 0 aliphatic carbocycles. The Balaban J connectivity index is 4.20. The summed E-state index contributed by atoms with van der Waals surface area (Å²) in [5.74, 6) is -1.14. The van der Waals surface area contributed by atoms with Crippen molar-refractivity contribution < 1.29 is 13.2 Å². The summed E-state index contributed by atoms with van der Waals surface area (Å²) in [5, 5.41) is 0. The predicted octanol–water partition coefficient (Wildman–Crippen LogP) is 4.01. The van der Waals surface area contributed by atoms with Crippen LogP contribution in [0.5, 0.6) is 0 Å². The molecule has 74 valence electrons. The molecule has 12 heavy (non-hydrogen) atoms. The monoisotopic (exact) mass is 182 g/mol. The topological polar surface area (TPSA) is 0 Å². The third-order valence-electron chi connectivity index (χ3n) is 1.81. The fourth-order valence-corrected chi connectivity index (χ4v) is 1.23. The molecule has 0 aromatic heterocycles. The average Bonchev–Trinajstić information content (AvgIpc) is 1.78. The number of hydrogen-bond donors (Lipinski definition) is 0. The van der Waals surface area contributed by atoms with Crippen molar-refractivity contribution in [3.63, 3.8) is 0 Å². The van der Waals surface area contributed by atoms with E-state index in [9.17, 15) is 13.2 Å². The Morgan fingerprint density at radius 1 is 1.08 bits per heavy atom. The molecule has 0 nitrogen and oxygen atoms in total. The molecule has 0 fully saturated rings. The minimum absolute atomic E-state index is 0.181. The van der Waals surface area contributed by atoms with Crippen molar-refractivity contribution in [1.29, 1.82) is 0 Å². The molecule has 0 radical (unpaired) electrons. The first-order valence-corrected chi connectivity index (χ1v) is 4.23. The van der Waals surface area contributed by atoms with E-state index < -0.39 is 12.1 Å². The summed E-state index contributed by atoms with van der Waals surface area (Å²) in [4.78, 5) is 0. The van der Waals surface area contributed by atoms with Crippen molar-refractivity contribution in [2.24, 2.45) is 11.3 Å². The Morgan fingerprint density at radius 2 is 1.50 bits per heavy atom. The molecule has 0 aromatic rings. The van der Waals surface area contributed by atoms with Crippen LogP contribution in [0.1, 0.15) is 40.5 Å². The first-order chi connectivity index (χ1) is 5.17. The Labute approximate surface area is 72.2 Å². The molecular formula is C9H17F3. The number of alkyl halides is 3. The van der Waals surface area contributed by atoms with Gasteiger partial charge >= 0.3 is 6.18 Å². The number of rotatable bonds is 2. The molecule has 1 unspecified atom stereocenters. The summed E-state index contributed by atoms with van der Waals surface area (Å²) in [6, 6.07) is 0. The molecule has 0 rings (SSSR count). The van der Waals surface area contributed by atoms with Crippen molar-refractivity contribution in [1.82, 2.24) is 0 Å². The van der Waals surface area contributed by atoms with Crippen molar-refractivity contribution in [2.45, 2.75) is 46.7 Å². The summed E-state index contributed by atoms with van der Waals surface area (Å²) >= 11 is 0. The van der Waals surface area contributed by atoms with Gasteiger partial charge in [0.25, 0.3) is 0 Å². The van der Waals surface area contributed by atoms with Crippen molar-refractivity contribution in [3.05, 3.63) is 0 Å². The second-order valence-corrected chi connectivity index (χ2v) is 4.41. The number of hydrogen-bond acceptors (Lipinski definition) is 0. The molecule has 0 spiro atoms. The SMILES string of the molecule is CCC(CC(C)(C)C)C(F)(F)F. The first-order valence-electron chi connectivity index (χ1n) is 4.23. The summed E-state index contributed by atoms with van der Waals surface area (Å²) in [5.41, 5.74) is -0.240. The van der Waals surface area contributed by atoms with Gasteiger partial charge in [-0.3, -0.25) is 0 Å². The van der Waals surface area contributed by atoms with Gasteiger partial charge < -0.3 is 0 Å². The Hall–Kier alpha value is -0.210. The predicted molar refractivity (Wildman–Crippen MR) is 43.9 cm³/mol. The van der Waals surface area contributed by atoms with Crippen LogP contribution < -0.4 is 0 Å². The van der Waals surface area contributed by atoms with Crippen LogP contribution in [-0.2, 0) is 0 Å². The molecule has 0 aliphatic heterocycles. The van der Waals surface area contributed by atoms with Gasteiger partial charge in [-0.25, -0.2) is 0 Å². The quantitative estimate of drug-likeness (QED) is 0.605. The van der Waals surface area contributed by atoms with E-state index in [0.717, 1.165) is 0 Å². The Morgan fingerprint density at radius 3 is 1.58 bits per heavy atom. The van der Waals surface area contributed by atoms with E-state index in [1.165, 1.54) is 0 Å². The van der Waals surface area contributed by atoms with E-state index >= 15 is 0 Å². The fraction of sp³-hybridized carbons (Fsp3) is 1.00. The third kappa shape index (κ3) is 4.62. The average molecular weight is 182 g/mol. The van der Waals surface area contributed by atoms with Gasteiger partial charge in [0.15, 0.2) is 0 Å².